The standard InChI is InChI=1S/C14H18ClNO2/c1-16(13-5-3-2-4-12(13)15)11-8-6-10(7-9-11)14(17)18/h2-5,10-11H,6-9H2,1H3,(H,17,18). The van der Waals surface area contributed by atoms with E-state index in [1.807, 2.05) is 31.3 Å². The summed E-state index contributed by atoms with van der Waals surface area (Å²) in [6.45, 7) is 0. The molecule has 0 radical (unpaired) electrons. The maximum Gasteiger partial charge on any atom is 0.306 e. The number of rotatable bonds is 3. The molecule has 0 saturated heterocycles. The average molecular weight is 268 g/mol. The molecule has 0 unspecified atom stereocenters. The lowest BCUT2D eigenvalue weighted by molar-refractivity contribution is -0.142. The highest BCUT2D eigenvalue weighted by molar-refractivity contribution is 6.33. The second kappa shape index (κ2) is 5.61. The Morgan fingerprint density at radius 2 is 1.89 bits per heavy atom. The number of carboxylic acids is 1. The van der Waals surface area contributed by atoms with Gasteiger partial charge in [0.25, 0.3) is 0 Å². The van der Waals surface area contributed by atoms with Crippen molar-refractivity contribution in [2.45, 2.75) is 31.7 Å². The summed E-state index contributed by atoms with van der Waals surface area (Å²) in [7, 11) is 2.03. The van der Waals surface area contributed by atoms with Crippen LogP contribution in [-0.2, 0) is 4.79 Å². The molecule has 1 aliphatic rings. The number of benzene rings is 1. The number of carboxylic acid groups (broad SMARTS) is 1. The molecule has 0 aliphatic heterocycles. The topological polar surface area (TPSA) is 40.5 Å². The summed E-state index contributed by atoms with van der Waals surface area (Å²) in [5.74, 6) is -0.824. The molecule has 1 saturated carbocycles. The van der Waals surface area contributed by atoms with Crippen LogP contribution in [0.2, 0.25) is 5.02 Å². The molecule has 0 amide bonds. The van der Waals surface area contributed by atoms with E-state index in [2.05, 4.69) is 4.90 Å². The van der Waals surface area contributed by atoms with Crippen molar-refractivity contribution in [3.8, 4) is 0 Å². The van der Waals surface area contributed by atoms with Crippen LogP contribution in [0.5, 0.6) is 0 Å². The van der Waals surface area contributed by atoms with Gasteiger partial charge in [-0.15, -0.1) is 0 Å². The lowest BCUT2D eigenvalue weighted by Gasteiger charge is -2.35. The normalized spacial score (nSPS) is 23.7. The molecule has 0 aromatic heterocycles. The quantitative estimate of drug-likeness (QED) is 0.912. The van der Waals surface area contributed by atoms with Gasteiger partial charge in [0.1, 0.15) is 0 Å². The number of para-hydroxylation sites is 1. The molecule has 1 fully saturated rings. The molecule has 0 spiro atoms. The maximum absolute atomic E-state index is 10.9. The van der Waals surface area contributed by atoms with Crippen molar-refractivity contribution in [2.24, 2.45) is 5.92 Å². The number of nitrogens with zero attached hydrogens (tertiary/aromatic N) is 1. The van der Waals surface area contributed by atoms with Gasteiger partial charge >= 0.3 is 5.97 Å². The van der Waals surface area contributed by atoms with Gasteiger partial charge in [0.15, 0.2) is 0 Å². The van der Waals surface area contributed by atoms with E-state index >= 15 is 0 Å². The number of halogens is 1. The third kappa shape index (κ3) is 2.78. The molecule has 1 aliphatic carbocycles. The lowest BCUT2D eigenvalue weighted by Crippen LogP contribution is -2.36. The minimum Gasteiger partial charge on any atom is -0.481 e. The van der Waals surface area contributed by atoms with Crippen molar-refractivity contribution in [1.82, 2.24) is 0 Å². The molecule has 0 atom stereocenters. The van der Waals surface area contributed by atoms with Crippen molar-refractivity contribution < 1.29 is 9.90 Å². The third-order valence-corrected chi connectivity index (χ3v) is 4.15. The van der Waals surface area contributed by atoms with Crippen LogP contribution in [0.1, 0.15) is 25.7 Å². The maximum atomic E-state index is 10.9. The van der Waals surface area contributed by atoms with Gasteiger partial charge in [-0.2, -0.15) is 0 Å². The Balaban J connectivity index is 2.02. The Hall–Kier alpha value is -1.22. The number of hydrogen-bond acceptors (Lipinski definition) is 2. The predicted molar refractivity (Wildman–Crippen MR) is 73.2 cm³/mol. The van der Waals surface area contributed by atoms with Crippen molar-refractivity contribution in [2.75, 3.05) is 11.9 Å². The Kier molecular flexibility index (Phi) is 4.12. The highest BCUT2D eigenvalue weighted by Crippen LogP contribution is 2.32. The molecule has 3 nitrogen and oxygen atoms in total. The molecular formula is C14H18ClNO2. The molecule has 0 heterocycles. The van der Waals surface area contributed by atoms with Crippen LogP contribution in [0.4, 0.5) is 5.69 Å². The summed E-state index contributed by atoms with van der Waals surface area (Å²) in [6, 6.07) is 8.17. The van der Waals surface area contributed by atoms with Gasteiger partial charge in [-0.3, -0.25) is 4.79 Å². The summed E-state index contributed by atoms with van der Waals surface area (Å²) in [6.07, 6.45) is 3.35. The number of hydrogen-bond donors (Lipinski definition) is 1. The molecule has 1 aromatic rings. The molecule has 2 rings (SSSR count). The van der Waals surface area contributed by atoms with Gasteiger partial charge < -0.3 is 10.0 Å². The number of aliphatic carboxylic acids is 1. The summed E-state index contributed by atoms with van der Waals surface area (Å²) in [5, 5.41) is 9.74. The average Bonchev–Trinajstić information content (AvgIpc) is 2.38. The zero-order valence-electron chi connectivity index (χ0n) is 10.5. The monoisotopic (exact) mass is 267 g/mol. The molecule has 18 heavy (non-hydrogen) atoms. The van der Waals surface area contributed by atoms with E-state index in [1.54, 1.807) is 0 Å². The molecule has 98 valence electrons. The van der Waals surface area contributed by atoms with E-state index in [0.717, 1.165) is 36.4 Å². The Morgan fingerprint density at radius 3 is 2.44 bits per heavy atom. The fraction of sp³-hybridized carbons (Fsp3) is 0.500. The third-order valence-electron chi connectivity index (χ3n) is 3.83. The molecule has 4 heteroatoms. The number of anilines is 1. The van der Waals surface area contributed by atoms with Crippen molar-refractivity contribution in [3.05, 3.63) is 29.3 Å². The van der Waals surface area contributed by atoms with E-state index in [4.69, 9.17) is 16.7 Å². The van der Waals surface area contributed by atoms with Gasteiger partial charge in [0.05, 0.1) is 16.6 Å². The van der Waals surface area contributed by atoms with E-state index < -0.39 is 5.97 Å². The van der Waals surface area contributed by atoms with Crippen LogP contribution in [0.3, 0.4) is 0 Å². The van der Waals surface area contributed by atoms with Crippen molar-refractivity contribution in [3.63, 3.8) is 0 Å². The van der Waals surface area contributed by atoms with Crippen LogP contribution in [0.25, 0.3) is 0 Å². The zero-order valence-corrected chi connectivity index (χ0v) is 11.2. The second-order valence-electron chi connectivity index (χ2n) is 4.91. The summed E-state index contributed by atoms with van der Waals surface area (Å²) >= 11 is 6.18. The largest absolute Gasteiger partial charge is 0.481 e. The zero-order chi connectivity index (χ0) is 13.1. The first kappa shape index (κ1) is 13.2. The first-order chi connectivity index (χ1) is 8.59. The van der Waals surface area contributed by atoms with Gasteiger partial charge in [0, 0.05) is 13.1 Å². The minimum absolute atomic E-state index is 0.166. The van der Waals surface area contributed by atoms with Crippen LogP contribution in [-0.4, -0.2) is 24.2 Å². The van der Waals surface area contributed by atoms with Crippen molar-refractivity contribution >= 4 is 23.3 Å². The van der Waals surface area contributed by atoms with E-state index in [1.165, 1.54) is 0 Å². The van der Waals surface area contributed by atoms with Crippen LogP contribution in [0.15, 0.2) is 24.3 Å². The Morgan fingerprint density at radius 1 is 1.28 bits per heavy atom. The number of carbonyl (C=O) groups is 1. The fourth-order valence-corrected chi connectivity index (χ4v) is 2.91. The van der Waals surface area contributed by atoms with Gasteiger partial charge in [0.2, 0.25) is 0 Å². The minimum atomic E-state index is -0.658. The van der Waals surface area contributed by atoms with E-state index in [0.29, 0.717) is 6.04 Å². The Labute approximate surface area is 112 Å². The van der Waals surface area contributed by atoms with Gasteiger partial charge in [-0.05, 0) is 37.8 Å². The lowest BCUT2D eigenvalue weighted by atomic mass is 9.85. The first-order valence-corrected chi connectivity index (χ1v) is 6.67. The molecule has 1 aromatic carbocycles. The highest BCUT2D eigenvalue weighted by Gasteiger charge is 2.28. The first-order valence-electron chi connectivity index (χ1n) is 6.29. The smallest absolute Gasteiger partial charge is 0.306 e. The molecular weight excluding hydrogens is 250 g/mol. The summed E-state index contributed by atoms with van der Waals surface area (Å²) in [5.41, 5.74) is 1.03. The Bertz CT molecular complexity index is 428. The van der Waals surface area contributed by atoms with E-state index in [9.17, 15) is 4.79 Å². The van der Waals surface area contributed by atoms with Crippen LogP contribution >= 0.6 is 11.6 Å². The van der Waals surface area contributed by atoms with E-state index in [-0.39, 0.29) is 5.92 Å². The summed E-state index contributed by atoms with van der Waals surface area (Å²) in [4.78, 5) is 13.1. The fourth-order valence-electron chi connectivity index (χ4n) is 2.64. The second-order valence-corrected chi connectivity index (χ2v) is 5.31. The van der Waals surface area contributed by atoms with Crippen LogP contribution in [0, 0.1) is 5.92 Å². The van der Waals surface area contributed by atoms with Crippen molar-refractivity contribution in [1.29, 1.82) is 0 Å². The molecule has 0 bridgehead atoms. The van der Waals surface area contributed by atoms with Gasteiger partial charge in [-0.25, -0.2) is 0 Å². The molecule has 1 N–H and O–H groups in total. The SMILES string of the molecule is CN(c1ccccc1Cl)C1CCC(C(=O)O)CC1. The van der Waals surface area contributed by atoms with Crippen LogP contribution < -0.4 is 4.90 Å². The highest BCUT2D eigenvalue weighted by atomic mass is 35.5. The van der Waals surface area contributed by atoms with Gasteiger partial charge in [-0.1, -0.05) is 23.7 Å². The summed E-state index contributed by atoms with van der Waals surface area (Å²) < 4.78 is 0. The predicted octanol–water partition coefficient (Wildman–Crippen LogP) is 3.42.